The van der Waals surface area contributed by atoms with Crippen molar-refractivity contribution in [2.24, 2.45) is 5.73 Å². The van der Waals surface area contributed by atoms with E-state index in [-0.39, 0.29) is 5.91 Å². The fourth-order valence-corrected chi connectivity index (χ4v) is 1.73. The van der Waals surface area contributed by atoms with Crippen molar-refractivity contribution in [2.45, 2.75) is 13.3 Å². The highest BCUT2D eigenvalue weighted by atomic mass is 32.2. The Labute approximate surface area is 92.8 Å². The summed E-state index contributed by atoms with van der Waals surface area (Å²) in [5, 5.41) is 6.31. The zero-order valence-corrected chi connectivity index (χ0v) is 9.47. The van der Waals surface area contributed by atoms with E-state index in [1.165, 1.54) is 0 Å². The molecule has 0 saturated carbocycles. The number of nitrogens with two attached hydrogens (primary N) is 1. The molecule has 5 nitrogen and oxygen atoms in total. The first kappa shape index (κ1) is 12.1. The van der Waals surface area contributed by atoms with Crippen molar-refractivity contribution < 1.29 is 9.32 Å². The molecule has 0 aromatic carbocycles. The van der Waals surface area contributed by atoms with Crippen LogP contribution in [0.4, 0.5) is 5.82 Å². The van der Waals surface area contributed by atoms with Crippen molar-refractivity contribution in [1.29, 1.82) is 0 Å². The number of carbonyl (C=O) groups is 1. The maximum absolute atomic E-state index is 11.3. The minimum Gasteiger partial charge on any atom is -0.360 e. The Kier molecular flexibility index (Phi) is 5.20. The second kappa shape index (κ2) is 6.47. The highest BCUT2D eigenvalue weighted by Gasteiger charge is 2.05. The molecule has 3 N–H and O–H groups in total. The third-order valence-electron chi connectivity index (χ3n) is 1.62. The van der Waals surface area contributed by atoms with Crippen molar-refractivity contribution in [3.63, 3.8) is 0 Å². The number of aryl methyl sites for hydroxylation is 1. The molecule has 0 saturated heterocycles. The minimum atomic E-state index is -0.0645. The molecule has 0 aliphatic carbocycles. The van der Waals surface area contributed by atoms with Gasteiger partial charge >= 0.3 is 0 Å². The largest absolute Gasteiger partial charge is 0.360 e. The standard InChI is InChI=1S/C9H15N3O2S/c1-7-5-8(12-14-7)11-9(13)6-15-4-2-3-10/h5H,2-4,6,10H2,1H3,(H,11,12,13). The fraction of sp³-hybridized carbons (Fsp3) is 0.556. The van der Waals surface area contributed by atoms with Gasteiger partial charge in [-0.15, -0.1) is 0 Å². The lowest BCUT2D eigenvalue weighted by molar-refractivity contribution is -0.113. The van der Waals surface area contributed by atoms with E-state index in [1.54, 1.807) is 24.8 Å². The summed E-state index contributed by atoms with van der Waals surface area (Å²) < 4.78 is 4.82. The van der Waals surface area contributed by atoms with Crippen molar-refractivity contribution in [1.82, 2.24) is 5.16 Å². The van der Waals surface area contributed by atoms with Gasteiger partial charge in [0.25, 0.3) is 0 Å². The Morgan fingerprint density at radius 1 is 1.73 bits per heavy atom. The van der Waals surface area contributed by atoms with Crippen molar-refractivity contribution in [3.05, 3.63) is 11.8 Å². The van der Waals surface area contributed by atoms with Crippen LogP contribution < -0.4 is 11.1 Å². The van der Waals surface area contributed by atoms with Crippen molar-refractivity contribution >= 4 is 23.5 Å². The number of thioether (sulfide) groups is 1. The quantitative estimate of drug-likeness (QED) is 0.711. The summed E-state index contributed by atoms with van der Waals surface area (Å²) in [5.41, 5.74) is 5.34. The Balaban J connectivity index is 2.18. The van der Waals surface area contributed by atoms with E-state index < -0.39 is 0 Å². The first-order valence-corrected chi connectivity index (χ1v) is 5.89. The predicted molar refractivity (Wildman–Crippen MR) is 60.9 cm³/mol. The third kappa shape index (κ3) is 4.85. The Bertz CT molecular complexity index is 314. The molecule has 1 heterocycles. The van der Waals surface area contributed by atoms with E-state index in [9.17, 15) is 4.79 Å². The normalized spacial score (nSPS) is 10.3. The van der Waals surface area contributed by atoms with Gasteiger partial charge in [0.1, 0.15) is 5.76 Å². The zero-order chi connectivity index (χ0) is 11.1. The van der Waals surface area contributed by atoms with Gasteiger partial charge in [0.05, 0.1) is 5.75 Å². The summed E-state index contributed by atoms with van der Waals surface area (Å²) in [5.74, 6) is 2.41. The number of aromatic nitrogens is 1. The van der Waals surface area contributed by atoms with Gasteiger partial charge in [0.2, 0.25) is 5.91 Å². The van der Waals surface area contributed by atoms with E-state index >= 15 is 0 Å². The van der Waals surface area contributed by atoms with Crippen LogP contribution in [0.15, 0.2) is 10.6 Å². The first-order chi connectivity index (χ1) is 7.22. The van der Waals surface area contributed by atoms with E-state index in [0.717, 1.165) is 12.2 Å². The van der Waals surface area contributed by atoms with Crippen molar-refractivity contribution in [3.8, 4) is 0 Å². The monoisotopic (exact) mass is 229 g/mol. The molecule has 1 rings (SSSR count). The second-order valence-electron chi connectivity index (χ2n) is 3.07. The molecule has 1 aromatic rings. The molecule has 0 radical (unpaired) electrons. The van der Waals surface area contributed by atoms with E-state index in [2.05, 4.69) is 10.5 Å². The fourth-order valence-electron chi connectivity index (χ4n) is 0.955. The minimum absolute atomic E-state index is 0.0645. The summed E-state index contributed by atoms with van der Waals surface area (Å²) in [6.45, 7) is 2.44. The highest BCUT2D eigenvalue weighted by Crippen LogP contribution is 2.08. The average Bonchev–Trinajstić information content (AvgIpc) is 2.59. The lowest BCUT2D eigenvalue weighted by atomic mass is 10.5. The van der Waals surface area contributed by atoms with Crippen LogP contribution in [-0.4, -0.2) is 29.1 Å². The van der Waals surface area contributed by atoms with Crippen LogP contribution in [0, 0.1) is 6.92 Å². The Hall–Kier alpha value is -1.01. The zero-order valence-electron chi connectivity index (χ0n) is 8.66. The highest BCUT2D eigenvalue weighted by molar-refractivity contribution is 7.99. The second-order valence-corrected chi connectivity index (χ2v) is 4.17. The van der Waals surface area contributed by atoms with E-state index in [1.807, 2.05) is 0 Å². The van der Waals surface area contributed by atoms with E-state index in [4.69, 9.17) is 10.3 Å². The average molecular weight is 229 g/mol. The van der Waals surface area contributed by atoms with Gasteiger partial charge in [-0.05, 0) is 25.6 Å². The molecule has 0 unspecified atom stereocenters. The molecule has 6 heteroatoms. The molecule has 0 aliphatic heterocycles. The third-order valence-corrected chi connectivity index (χ3v) is 2.67. The maximum Gasteiger partial charge on any atom is 0.235 e. The Morgan fingerprint density at radius 3 is 3.13 bits per heavy atom. The van der Waals surface area contributed by atoms with Crippen LogP contribution in [0.1, 0.15) is 12.2 Å². The molecule has 0 bridgehead atoms. The van der Waals surface area contributed by atoms with Gasteiger partial charge in [0.15, 0.2) is 5.82 Å². The van der Waals surface area contributed by atoms with Gasteiger partial charge in [-0.3, -0.25) is 4.79 Å². The molecular formula is C9H15N3O2S. The maximum atomic E-state index is 11.3. The number of hydrogen-bond acceptors (Lipinski definition) is 5. The van der Waals surface area contributed by atoms with Crippen LogP contribution in [0.5, 0.6) is 0 Å². The van der Waals surface area contributed by atoms with Gasteiger partial charge in [-0.2, -0.15) is 11.8 Å². The lowest BCUT2D eigenvalue weighted by Gasteiger charge is -2.00. The summed E-state index contributed by atoms with van der Waals surface area (Å²) >= 11 is 1.56. The molecule has 0 aliphatic rings. The molecule has 84 valence electrons. The van der Waals surface area contributed by atoms with Gasteiger partial charge in [-0.25, -0.2) is 0 Å². The number of nitrogens with zero attached hydrogens (tertiary/aromatic N) is 1. The molecule has 15 heavy (non-hydrogen) atoms. The van der Waals surface area contributed by atoms with Crippen LogP contribution in [0.2, 0.25) is 0 Å². The van der Waals surface area contributed by atoms with Crippen molar-refractivity contribution in [2.75, 3.05) is 23.4 Å². The van der Waals surface area contributed by atoms with Gasteiger partial charge < -0.3 is 15.6 Å². The molecule has 1 amide bonds. The molecule has 0 fully saturated rings. The number of amides is 1. The van der Waals surface area contributed by atoms with Crippen LogP contribution >= 0.6 is 11.8 Å². The predicted octanol–water partition coefficient (Wildman–Crippen LogP) is 1.00. The topological polar surface area (TPSA) is 81.2 Å². The number of carbonyl (C=O) groups excluding carboxylic acids is 1. The molecule has 0 atom stereocenters. The number of hydrogen-bond donors (Lipinski definition) is 2. The smallest absolute Gasteiger partial charge is 0.235 e. The summed E-state index contributed by atoms with van der Waals surface area (Å²) in [4.78, 5) is 11.3. The van der Waals surface area contributed by atoms with Crippen LogP contribution in [-0.2, 0) is 4.79 Å². The summed E-state index contributed by atoms with van der Waals surface area (Å²) in [7, 11) is 0. The summed E-state index contributed by atoms with van der Waals surface area (Å²) in [6, 6.07) is 1.68. The van der Waals surface area contributed by atoms with Gasteiger partial charge in [0, 0.05) is 6.07 Å². The van der Waals surface area contributed by atoms with Crippen LogP contribution in [0.25, 0.3) is 0 Å². The number of anilines is 1. The SMILES string of the molecule is Cc1cc(NC(=O)CSCCCN)no1. The molecule has 0 spiro atoms. The molecule has 1 aromatic heterocycles. The summed E-state index contributed by atoms with van der Waals surface area (Å²) in [6.07, 6.45) is 0.932. The molecular weight excluding hydrogens is 214 g/mol. The Morgan fingerprint density at radius 2 is 2.53 bits per heavy atom. The lowest BCUT2D eigenvalue weighted by Crippen LogP contribution is -2.14. The number of nitrogens with one attached hydrogen (secondary N) is 1. The first-order valence-electron chi connectivity index (χ1n) is 4.73. The van der Waals surface area contributed by atoms with Gasteiger partial charge in [-0.1, -0.05) is 5.16 Å². The van der Waals surface area contributed by atoms with E-state index in [0.29, 0.717) is 23.9 Å². The number of rotatable bonds is 6. The van der Waals surface area contributed by atoms with Crippen LogP contribution in [0.3, 0.4) is 0 Å².